The molecule has 5 rings (SSSR count). The number of ether oxygens (including phenoxy) is 2. The van der Waals surface area contributed by atoms with Crippen molar-refractivity contribution in [3.8, 4) is 17.2 Å². The fourth-order valence-corrected chi connectivity index (χ4v) is 5.68. The van der Waals surface area contributed by atoms with E-state index in [-0.39, 0.29) is 11.4 Å². The lowest BCUT2D eigenvalue weighted by Crippen LogP contribution is -2.19. The predicted octanol–water partition coefficient (Wildman–Crippen LogP) is 3.36. The van der Waals surface area contributed by atoms with Crippen LogP contribution in [0.5, 0.6) is 17.2 Å². The fourth-order valence-electron chi connectivity index (χ4n) is 3.31. The maximum atomic E-state index is 13.4. The Balaban J connectivity index is 1.50. The maximum absolute atomic E-state index is 13.4. The number of fused-ring (bicyclic) bond motifs is 1. The van der Waals surface area contributed by atoms with E-state index in [2.05, 4.69) is 4.98 Å². The fraction of sp³-hybridized carbons (Fsp3) is 0.389. The zero-order chi connectivity index (χ0) is 20.0. The van der Waals surface area contributed by atoms with Crippen molar-refractivity contribution in [1.29, 1.82) is 0 Å². The van der Waals surface area contributed by atoms with E-state index in [1.165, 1.54) is 12.3 Å². The van der Waals surface area contributed by atoms with Crippen molar-refractivity contribution >= 4 is 13.4 Å². The molecule has 1 unspecified atom stereocenters. The number of hydrogen-bond donors (Lipinski definition) is 0. The van der Waals surface area contributed by atoms with Gasteiger partial charge in [0.15, 0.2) is 0 Å². The summed E-state index contributed by atoms with van der Waals surface area (Å²) in [6.45, 7) is 3.33. The van der Waals surface area contributed by atoms with Crippen LogP contribution in [0.3, 0.4) is 0 Å². The summed E-state index contributed by atoms with van der Waals surface area (Å²) in [7, 11) is -3.05. The zero-order valence-electron chi connectivity index (χ0n) is 15.5. The van der Waals surface area contributed by atoms with Gasteiger partial charge in [-0.15, -0.1) is 0 Å². The van der Waals surface area contributed by atoms with Crippen LogP contribution in [-0.2, 0) is 9.09 Å². The molecule has 0 saturated carbocycles. The van der Waals surface area contributed by atoms with E-state index in [0.29, 0.717) is 30.1 Å². The molecule has 0 radical (unpaired) electrons. The molecule has 1 atom stereocenters. The summed E-state index contributed by atoms with van der Waals surface area (Å²) in [5, 5.41) is 11.6. The molecule has 152 valence electrons. The summed E-state index contributed by atoms with van der Waals surface area (Å²) in [6.07, 6.45) is 3.07. The molecule has 0 aliphatic carbocycles. The van der Waals surface area contributed by atoms with E-state index < -0.39 is 18.7 Å². The maximum Gasteiger partial charge on any atom is 0.346 e. The predicted molar refractivity (Wildman–Crippen MR) is 102 cm³/mol. The number of nitro groups is 1. The molecule has 3 aliphatic heterocycles. The van der Waals surface area contributed by atoms with Crippen molar-refractivity contribution in [1.82, 2.24) is 14.3 Å². The quantitative estimate of drug-likeness (QED) is 0.289. The van der Waals surface area contributed by atoms with E-state index in [4.69, 9.17) is 14.0 Å². The minimum Gasteiger partial charge on any atom is -0.493 e. The molecule has 0 spiro atoms. The number of nitro benzene ring substituents is 1. The summed E-state index contributed by atoms with van der Waals surface area (Å²) in [5.74, 6) is 0.798. The molecule has 0 bridgehead atoms. The first-order valence-electron chi connectivity index (χ1n) is 9.37. The lowest BCUT2D eigenvalue weighted by atomic mass is 10.0. The highest BCUT2D eigenvalue weighted by molar-refractivity contribution is 7.54. The minimum absolute atomic E-state index is 0.0640. The second-order valence-corrected chi connectivity index (χ2v) is 9.36. The zero-order valence-corrected chi connectivity index (χ0v) is 16.4. The van der Waals surface area contributed by atoms with Crippen LogP contribution in [-0.4, -0.2) is 52.0 Å². The summed E-state index contributed by atoms with van der Waals surface area (Å²) in [4.78, 5) is 15.0. The van der Waals surface area contributed by atoms with Crippen LogP contribution in [0.15, 0.2) is 36.7 Å². The van der Waals surface area contributed by atoms with Crippen LogP contribution >= 0.6 is 7.67 Å². The average molecular weight is 418 g/mol. The van der Waals surface area contributed by atoms with Crippen molar-refractivity contribution in [2.75, 3.05) is 32.8 Å². The minimum atomic E-state index is -3.05. The summed E-state index contributed by atoms with van der Waals surface area (Å²) in [5.41, 5.74) is 0.387. The monoisotopic (exact) mass is 418 g/mol. The number of aromatic nitrogens is 1. The highest BCUT2D eigenvalue weighted by Gasteiger charge is 2.51. The first-order chi connectivity index (χ1) is 14.0. The Hall–Kier alpha value is -2.52. The molecule has 11 heteroatoms. The van der Waals surface area contributed by atoms with Gasteiger partial charge >= 0.3 is 13.4 Å². The van der Waals surface area contributed by atoms with Gasteiger partial charge in [-0.1, -0.05) is 0 Å². The smallest absolute Gasteiger partial charge is 0.346 e. The van der Waals surface area contributed by atoms with E-state index in [1.807, 2.05) is 9.34 Å². The molecule has 0 amide bonds. The molecule has 3 aliphatic rings. The molecule has 2 fully saturated rings. The molecule has 10 nitrogen and oxygen atoms in total. The topological polar surface area (TPSA) is 107 Å². The molecule has 4 heterocycles. The van der Waals surface area contributed by atoms with Gasteiger partial charge in [-0.3, -0.25) is 24.2 Å². The Morgan fingerprint density at radius 2 is 2.00 bits per heavy atom. The van der Waals surface area contributed by atoms with E-state index in [9.17, 15) is 14.7 Å². The molecule has 29 heavy (non-hydrogen) atoms. The summed E-state index contributed by atoms with van der Waals surface area (Å²) >= 11 is 0. The van der Waals surface area contributed by atoms with Gasteiger partial charge in [0, 0.05) is 44.4 Å². The Kier molecular flexibility index (Phi) is 4.51. The van der Waals surface area contributed by atoms with Crippen molar-refractivity contribution in [3.63, 3.8) is 0 Å². The third kappa shape index (κ3) is 3.60. The van der Waals surface area contributed by atoms with Crippen LogP contribution in [0, 0.1) is 10.1 Å². The second-order valence-electron chi connectivity index (χ2n) is 7.03. The lowest BCUT2D eigenvalue weighted by molar-refractivity contribution is -0.385. The van der Waals surface area contributed by atoms with Gasteiger partial charge in [-0.2, -0.15) is 0 Å². The number of nitrogens with zero attached hydrogens (tertiary/aromatic N) is 4. The highest BCUT2D eigenvalue weighted by Crippen LogP contribution is 2.64. The highest BCUT2D eigenvalue weighted by atomic mass is 31.2. The Morgan fingerprint density at radius 3 is 2.62 bits per heavy atom. The van der Waals surface area contributed by atoms with E-state index in [0.717, 1.165) is 26.2 Å². The average Bonchev–Trinajstić information content (AvgIpc) is 3.61. The normalized spacial score (nSPS) is 21.2. The molecule has 2 saturated heterocycles. The van der Waals surface area contributed by atoms with Crippen molar-refractivity contribution in [2.45, 2.75) is 12.5 Å². The van der Waals surface area contributed by atoms with Crippen LogP contribution < -0.4 is 9.47 Å². The van der Waals surface area contributed by atoms with Crippen LogP contribution in [0.4, 0.5) is 5.69 Å². The number of hydrogen-bond acceptors (Lipinski definition) is 7. The Morgan fingerprint density at radius 1 is 1.24 bits per heavy atom. The number of pyridine rings is 1. The van der Waals surface area contributed by atoms with Crippen molar-refractivity contribution in [2.24, 2.45) is 0 Å². The van der Waals surface area contributed by atoms with Gasteiger partial charge < -0.3 is 9.47 Å². The van der Waals surface area contributed by atoms with Crippen LogP contribution in [0.25, 0.3) is 0 Å². The number of benzene rings is 1. The van der Waals surface area contributed by atoms with Gasteiger partial charge in [-0.25, -0.2) is 9.34 Å². The lowest BCUT2D eigenvalue weighted by Gasteiger charge is -2.30. The first kappa shape index (κ1) is 18.5. The van der Waals surface area contributed by atoms with Crippen LogP contribution in [0.2, 0.25) is 0 Å². The molecular weight excluding hydrogens is 399 g/mol. The first-order valence-corrected chi connectivity index (χ1v) is 10.9. The largest absolute Gasteiger partial charge is 0.493 e. The second kappa shape index (κ2) is 7.07. The van der Waals surface area contributed by atoms with E-state index >= 15 is 0 Å². The third-order valence-corrected chi connectivity index (χ3v) is 7.72. The molecule has 1 aromatic carbocycles. The molecule has 2 aromatic rings. The van der Waals surface area contributed by atoms with Crippen molar-refractivity contribution < 1.29 is 23.5 Å². The summed E-state index contributed by atoms with van der Waals surface area (Å²) < 4.78 is 34.6. The third-order valence-electron chi connectivity index (χ3n) is 4.96. The van der Waals surface area contributed by atoms with Gasteiger partial charge in [0.25, 0.3) is 0 Å². The molecular formula is C18H19N4O6P. The number of rotatable bonds is 7. The van der Waals surface area contributed by atoms with Crippen LogP contribution in [0.1, 0.15) is 18.1 Å². The van der Waals surface area contributed by atoms with Crippen molar-refractivity contribution in [3.05, 3.63) is 52.3 Å². The molecule has 1 aromatic heterocycles. The molecule has 0 N–H and O–H groups in total. The van der Waals surface area contributed by atoms with Gasteiger partial charge in [0.2, 0.25) is 5.75 Å². The van der Waals surface area contributed by atoms with Gasteiger partial charge in [0.05, 0.1) is 29.9 Å². The van der Waals surface area contributed by atoms with Gasteiger partial charge in [-0.05, 0) is 18.2 Å². The SMILES string of the molecule is O=[N+]([O-])c1cc2c(cc1Oc1cccnc1)C(OP(=O)(N1CC1)N1CC1)CCO2. The Labute approximate surface area is 166 Å². The van der Waals surface area contributed by atoms with Gasteiger partial charge in [0.1, 0.15) is 11.5 Å². The summed E-state index contributed by atoms with van der Waals surface area (Å²) in [6, 6.07) is 6.24. The Bertz CT molecular complexity index is 979. The van der Waals surface area contributed by atoms with E-state index in [1.54, 1.807) is 24.4 Å². The standard InChI is InChI=1S/C18H19N4O6P/c23-22(24)15-11-17-14(10-18(15)27-13-2-1-4-19-12-13)16(3-9-26-17)28-29(25,20-5-6-20)21-7-8-21/h1-2,4,10-12,16H,3,5-9H2.